The van der Waals surface area contributed by atoms with Gasteiger partial charge in [0.05, 0.1) is 8.07 Å². The molecule has 0 aliphatic carbocycles. The smallest absolute Gasteiger partial charge is 0.0530 e. The highest BCUT2D eigenvalue weighted by Gasteiger charge is 2.34. The van der Waals surface area contributed by atoms with Gasteiger partial charge in [0.25, 0.3) is 0 Å². The van der Waals surface area contributed by atoms with E-state index < -0.39 is 8.07 Å². The molecule has 0 amide bonds. The topological polar surface area (TPSA) is 0 Å². The molecule has 1 aromatic carbocycles. The molecular formula is C14H24Si. The second-order valence-electron chi connectivity index (χ2n) is 6.12. The second kappa shape index (κ2) is 4.52. The van der Waals surface area contributed by atoms with Crippen LogP contribution in [0.3, 0.4) is 0 Å². The number of aryl methyl sites for hydroxylation is 1. The maximum absolute atomic E-state index is 2.51. The van der Waals surface area contributed by atoms with Crippen LogP contribution in [0.5, 0.6) is 0 Å². The number of hydrogen-bond donors (Lipinski definition) is 0. The van der Waals surface area contributed by atoms with Crippen LogP contribution in [0, 0.1) is 0 Å². The number of rotatable bonds is 3. The van der Waals surface area contributed by atoms with Crippen LogP contribution in [0.15, 0.2) is 30.3 Å². The molecule has 1 aromatic rings. The lowest BCUT2D eigenvalue weighted by Crippen LogP contribution is -2.37. The van der Waals surface area contributed by atoms with E-state index in [1.54, 1.807) is 0 Å². The summed E-state index contributed by atoms with van der Waals surface area (Å²) in [7, 11) is -1.09. The van der Waals surface area contributed by atoms with Gasteiger partial charge in [-0.2, -0.15) is 0 Å². The molecule has 0 spiro atoms. The first kappa shape index (κ1) is 12.5. The zero-order valence-electron chi connectivity index (χ0n) is 10.8. The van der Waals surface area contributed by atoms with E-state index in [-0.39, 0.29) is 0 Å². The van der Waals surface area contributed by atoms with E-state index in [4.69, 9.17) is 0 Å². The van der Waals surface area contributed by atoms with Crippen molar-refractivity contribution in [1.82, 2.24) is 0 Å². The molecule has 15 heavy (non-hydrogen) atoms. The van der Waals surface area contributed by atoms with Crippen molar-refractivity contribution >= 4 is 8.07 Å². The van der Waals surface area contributed by atoms with Crippen molar-refractivity contribution in [2.24, 2.45) is 0 Å². The molecule has 0 saturated carbocycles. The minimum Gasteiger partial charge on any atom is -0.0690 e. The van der Waals surface area contributed by atoms with Crippen molar-refractivity contribution in [2.75, 3.05) is 0 Å². The van der Waals surface area contributed by atoms with Crippen LogP contribution in [0.2, 0.25) is 24.2 Å². The molecule has 0 aliphatic rings. The summed E-state index contributed by atoms with van der Waals surface area (Å²) in [5.74, 6) is 0. The predicted octanol–water partition coefficient (Wildman–Crippen LogP) is 4.74. The average molecular weight is 220 g/mol. The lowest BCUT2D eigenvalue weighted by molar-refractivity contribution is 0.711. The first-order chi connectivity index (χ1) is 6.83. The van der Waals surface area contributed by atoms with Crippen LogP contribution in [0.4, 0.5) is 0 Å². The maximum atomic E-state index is 2.51. The van der Waals surface area contributed by atoms with E-state index in [2.05, 4.69) is 64.2 Å². The Balaban J connectivity index is 2.58. The van der Waals surface area contributed by atoms with Crippen LogP contribution in [-0.2, 0) is 6.42 Å². The lowest BCUT2D eigenvalue weighted by Gasteiger charge is -2.37. The van der Waals surface area contributed by atoms with Crippen molar-refractivity contribution < 1.29 is 0 Å². The van der Waals surface area contributed by atoms with Gasteiger partial charge in [-0.15, -0.1) is 0 Å². The summed E-state index contributed by atoms with van der Waals surface area (Å²) in [4.78, 5) is 0. The van der Waals surface area contributed by atoms with Crippen LogP contribution >= 0.6 is 0 Å². The number of benzene rings is 1. The Bertz CT molecular complexity index is 293. The van der Waals surface area contributed by atoms with Crippen LogP contribution in [0.1, 0.15) is 26.3 Å². The van der Waals surface area contributed by atoms with Gasteiger partial charge in [-0.1, -0.05) is 70.2 Å². The van der Waals surface area contributed by atoms with E-state index in [0.29, 0.717) is 5.04 Å². The zero-order valence-corrected chi connectivity index (χ0v) is 11.8. The second-order valence-corrected chi connectivity index (χ2v) is 11.9. The summed E-state index contributed by atoms with van der Waals surface area (Å²) in [6.45, 7) is 12.2. The van der Waals surface area contributed by atoms with E-state index in [9.17, 15) is 0 Å². The molecule has 0 aliphatic heterocycles. The van der Waals surface area contributed by atoms with Crippen molar-refractivity contribution in [3.63, 3.8) is 0 Å². The third kappa shape index (κ3) is 3.49. The first-order valence-corrected chi connectivity index (χ1v) is 9.07. The normalized spacial score (nSPS) is 12.9. The molecule has 1 rings (SSSR count). The van der Waals surface area contributed by atoms with E-state index in [1.165, 1.54) is 18.0 Å². The quantitative estimate of drug-likeness (QED) is 0.646. The average Bonchev–Trinajstić information content (AvgIpc) is 2.15. The number of hydrogen-bond acceptors (Lipinski definition) is 0. The Hall–Kier alpha value is -0.563. The van der Waals surface area contributed by atoms with Crippen molar-refractivity contribution in [3.8, 4) is 0 Å². The van der Waals surface area contributed by atoms with Gasteiger partial charge in [-0.25, -0.2) is 0 Å². The molecular weight excluding hydrogens is 196 g/mol. The fourth-order valence-electron chi connectivity index (χ4n) is 1.48. The third-order valence-corrected chi connectivity index (χ3v) is 9.47. The SMILES string of the molecule is CC(C)(C)[Si](C)(C)CCc1ccccc1. The molecule has 84 valence electrons. The molecule has 0 heterocycles. The minimum absolute atomic E-state index is 0.516. The summed E-state index contributed by atoms with van der Waals surface area (Å²) in [6, 6.07) is 12.2. The molecule has 0 nitrogen and oxygen atoms in total. The summed E-state index contributed by atoms with van der Waals surface area (Å²) >= 11 is 0. The lowest BCUT2D eigenvalue weighted by atomic mass is 10.2. The molecule has 0 radical (unpaired) electrons. The Morgan fingerprint density at radius 3 is 2.00 bits per heavy atom. The highest BCUT2D eigenvalue weighted by atomic mass is 28.3. The van der Waals surface area contributed by atoms with Gasteiger partial charge in [-0.3, -0.25) is 0 Å². The van der Waals surface area contributed by atoms with Gasteiger partial charge in [0.15, 0.2) is 0 Å². The van der Waals surface area contributed by atoms with Gasteiger partial charge in [0.2, 0.25) is 0 Å². The summed E-state index contributed by atoms with van der Waals surface area (Å²) in [5.41, 5.74) is 1.49. The van der Waals surface area contributed by atoms with Crippen LogP contribution in [-0.4, -0.2) is 8.07 Å². The van der Waals surface area contributed by atoms with Gasteiger partial charge in [-0.05, 0) is 17.0 Å². The van der Waals surface area contributed by atoms with Crippen LogP contribution in [0.25, 0.3) is 0 Å². The predicted molar refractivity (Wildman–Crippen MR) is 72.2 cm³/mol. The Labute approximate surface area is 95.7 Å². The summed E-state index contributed by atoms with van der Waals surface area (Å²) in [5, 5.41) is 0.516. The fraction of sp³-hybridized carbons (Fsp3) is 0.571. The van der Waals surface area contributed by atoms with E-state index >= 15 is 0 Å². The minimum atomic E-state index is -1.09. The van der Waals surface area contributed by atoms with Crippen molar-refractivity contribution in [1.29, 1.82) is 0 Å². The van der Waals surface area contributed by atoms with E-state index in [0.717, 1.165) is 0 Å². The maximum Gasteiger partial charge on any atom is 0.0530 e. The fourth-order valence-corrected chi connectivity index (χ4v) is 3.14. The van der Waals surface area contributed by atoms with Crippen molar-refractivity contribution in [2.45, 2.75) is 51.4 Å². The Morgan fingerprint density at radius 1 is 1.00 bits per heavy atom. The zero-order chi connectivity index (χ0) is 11.5. The molecule has 0 aromatic heterocycles. The first-order valence-electron chi connectivity index (χ1n) is 5.87. The Morgan fingerprint density at radius 2 is 1.53 bits per heavy atom. The molecule has 0 fully saturated rings. The molecule has 0 bridgehead atoms. The summed E-state index contributed by atoms with van der Waals surface area (Å²) < 4.78 is 0. The van der Waals surface area contributed by atoms with Gasteiger partial charge >= 0.3 is 0 Å². The van der Waals surface area contributed by atoms with Crippen molar-refractivity contribution in [3.05, 3.63) is 35.9 Å². The Kier molecular flexibility index (Phi) is 3.77. The largest absolute Gasteiger partial charge is 0.0690 e. The monoisotopic (exact) mass is 220 g/mol. The van der Waals surface area contributed by atoms with E-state index in [1.807, 2.05) is 0 Å². The highest BCUT2D eigenvalue weighted by molar-refractivity contribution is 6.80. The van der Waals surface area contributed by atoms with Crippen LogP contribution < -0.4 is 0 Å². The molecule has 0 N–H and O–H groups in total. The van der Waals surface area contributed by atoms with Gasteiger partial charge in [0.1, 0.15) is 0 Å². The summed E-state index contributed by atoms with van der Waals surface area (Å²) in [6.07, 6.45) is 1.25. The third-order valence-electron chi connectivity index (χ3n) is 3.91. The molecule has 1 heteroatoms. The highest BCUT2D eigenvalue weighted by Crippen LogP contribution is 2.39. The van der Waals surface area contributed by atoms with Gasteiger partial charge < -0.3 is 0 Å². The standard InChI is InChI=1S/C14H24Si/c1-14(2,3)15(4,5)12-11-13-9-7-6-8-10-13/h6-10H,11-12H2,1-5H3. The molecule has 0 saturated heterocycles. The van der Waals surface area contributed by atoms with Gasteiger partial charge in [0, 0.05) is 0 Å². The molecule has 0 atom stereocenters. The molecule has 0 unspecified atom stereocenters.